The number of aromatic nitrogens is 8. The lowest BCUT2D eigenvalue weighted by atomic mass is 10.0. The average Bonchev–Trinajstić information content (AvgIpc) is 4.09. The Hall–Kier alpha value is -5.90. The van der Waals surface area contributed by atoms with Gasteiger partial charge in [-0.15, -0.1) is 0 Å². The predicted octanol–water partition coefficient (Wildman–Crippen LogP) is -3.59. The van der Waals surface area contributed by atoms with Crippen molar-refractivity contribution in [2.75, 3.05) is 57.4 Å². The molecule has 0 aliphatic carbocycles. The third-order valence-electron chi connectivity index (χ3n) is 12.0. The van der Waals surface area contributed by atoms with Crippen molar-refractivity contribution in [1.29, 1.82) is 0 Å². The fourth-order valence-electron chi connectivity index (χ4n) is 8.41. The highest BCUT2D eigenvalue weighted by atomic mass is 31.2. The van der Waals surface area contributed by atoms with Crippen molar-refractivity contribution in [1.82, 2.24) is 43.9 Å². The number of carbonyl (C=O) groups is 1. The van der Waals surface area contributed by atoms with E-state index in [0.29, 0.717) is 22.6 Å². The van der Waals surface area contributed by atoms with E-state index in [-0.39, 0.29) is 23.7 Å². The Labute approximate surface area is 417 Å². The van der Waals surface area contributed by atoms with E-state index < -0.39 is 132 Å². The molecule has 32 nitrogen and oxygen atoms in total. The van der Waals surface area contributed by atoms with E-state index in [2.05, 4.69) is 30.2 Å². The molecule has 15 atom stereocenters. The van der Waals surface area contributed by atoms with Crippen molar-refractivity contribution >= 4 is 50.2 Å². The molecule has 4 aromatic heterocycles. The van der Waals surface area contributed by atoms with Gasteiger partial charge in [0.2, 0.25) is 5.91 Å². The van der Waals surface area contributed by atoms with E-state index in [9.17, 15) is 53.7 Å². The number of benzene rings is 1. The summed E-state index contributed by atoms with van der Waals surface area (Å²) in [5, 5.41) is 47.1. The van der Waals surface area contributed by atoms with Gasteiger partial charge in [0.15, 0.2) is 35.7 Å². The minimum atomic E-state index is -5.50. The first kappa shape index (κ1) is 54.4. The number of carbonyl (C=O) groups excluding carboxylic acids is 1. The van der Waals surface area contributed by atoms with Crippen LogP contribution in [0.15, 0.2) is 71.0 Å². The zero-order chi connectivity index (χ0) is 53.4. The molecule has 402 valence electrons. The number of ether oxygens (including phenoxy) is 4. The first-order valence-electron chi connectivity index (χ1n) is 22.2. The van der Waals surface area contributed by atoms with Crippen LogP contribution >= 0.6 is 15.6 Å². The summed E-state index contributed by atoms with van der Waals surface area (Å²) in [7, 11) is -5.97. The summed E-state index contributed by atoms with van der Waals surface area (Å²) < 4.78 is 74.2. The standard InChI is InChI=1S/C40H53N13O19P2/c1-50(2)33-27-34(45-16-44-33)53(17-46-27)36-28(55)26(49-35(58)20(41)12-18-4-6-19(65-3)7-5-18)22(69-36)14-66-73(61,62)72-32-23(70-38(30(32)57)52-11-9-25(43)48-40(52)60)15-67-74(63,64)71-31-21(13-54)68-37(29(31)56)51-10-8-24(42)47-39(51)59/h4-11,16-17,20-23,26,28-32,36-38,54-57H,12-15,41H2,1-3H3,(H,49,58)(H,61,62)(H,63,64)(H2,42,47,59)(H2,43,48,60)/t20-,21+,22+,23+,26+,28+,29+,30+,31+,32+,36+,37+,38+/m0/s1. The Morgan fingerprint density at radius 1 is 0.784 bits per heavy atom. The Morgan fingerprint density at radius 2 is 1.31 bits per heavy atom. The van der Waals surface area contributed by atoms with Crippen molar-refractivity contribution in [3.05, 3.63) is 88.0 Å². The Morgan fingerprint density at radius 3 is 1.85 bits per heavy atom. The second-order valence-corrected chi connectivity index (χ2v) is 20.0. The summed E-state index contributed by atoms with van der Waals surface area (Å²) in [6.07, 6.45) is -14.3. The van der Waals surface area contributed by atoms with Crippen LogP contribution in [0, 0.1) is 0 Å². The van der Waals surface area contributed by atoms with Crippen LogP contribution in [0.3, 0.4) is 0 Å². The third kappa shape index (κ3) is 11.6. The van der Waals surface area contributed by atoms with E-state index in [4.69, 9.17) is 54.2 Å². The molecule has 3 saturated heterocycles. The largest absolute Gasteiger partial charge is 0.497 e. The Bertz CT molecular complexity index is 3020. The van der Waals surface area contributed by atoms with E-state index in [0.717, 1.165) is 27.6 Å². The molecule has 0 bridgehead atoms. The number of nitrogen functional groups attached to an aromatic ring is 2. The summed E-state index contributed by atoms with van der Waals surface area (Å²) in [5.74, 6) is -0.153. The number of imidazole rings is 1. The van der Waals surface area contributed by atoms with E-state index in [1.807, 2.05) is 0 Å². The smallest absolute Gasteiger partial charge is 0.472 e. The third-order valence-corrected chi connectivity index (χ3v) is 14.0. The van der Waals surface area contributed by atoms with Gasteiger partial charge >= 0.3 is 27.0 Å². The van der Waals surface area contributed by atoms with Gasteiger partial charge in [0.25, 0.3) is 0 Å². The lowest BCUT2D eigenvalue weighted by Gasteiger charge is -2.26. The molecule has 2 unspecified atom stereocenters. The van der Waals surface area contributed by atoms with Crippen LogP contribution in [0.25, 0.3) is 11.2 Å². The molecule has 8 rings (SSSR count). The zero-order valence-electron chi connectivity index (χ0n) is 39.2. The van der Waals surface area contributed by atoms with Crippen LogP contribution in [0.5, 0.6) is 5.75 Å². The van der Waals surface area contributed by atoms with Crippen LogP contribution in [-0.4, -0.2) is 177 Å². The highest BCUT2D eigenvalue weighted by molar-refractivity contribution is 7.47. The minimum Gasteiger partial charge on any atom is -0.497 e. The molecule has 1 amide bonds. The summed E-state index contributed by atoms with van der Waals surface area (Å²) in [5.41, 5.74) is 16.6. The molecule has 1 aromatic carbocycles. The van der Waals surface area contributed by atoms with Crippen molar-refractivity contribution in [2.24, 2.45) is 5.73 Å². The zero-order valence-corrected chi connectivity index (χ0v) is 41.0. The van der Waals surface area contributed by atoms with Crippen LogP contribution < -0.4 is 43.5 Å². The molecule has 34 heteroatoms. The Kier molecular flexibility index (Phi) is 16.3. The van der Waals surface area contributed by atoms with Crippen LogP contribution in [0.4, 0.5) is 17.5 Å². The highest BCUT2D eigenvalue weighted by Gasteiger charge is 2.53. The molecule has 3 aliphatic heterocycles. The fraction of sp³-hybridized carbons (Fsp3) is 0.500. The number of methoxy groups -OCH3 is 1. The number of hydrogen-bond donors (Lipinski definition) is 10. The number of phosphoric ester groups is 2. The average molecular weight is 1080 g/mol. The number of rotatable bonds is 20. The first-order chi connectivity index (χ1) is 35.1. The van der Waals surface area contributed by atoms with Gasteiger partial charge in [-0.3, -0.25) is 36.6 Å². The number of phosphoric acid groups is 2. The fourth-order valence-corrected chi connectivity index (χ4v) is 10.3. The molecule has 3 aliphatic rings. The molecule has 3 fully saturated rings. The molecule has 0 saturated carbocycles. The maximum Gasteiger partial charge on any atom is 0.472 e. The van der Waals surface area contributed by atoms with Gasteiger partial charge in [-0.2, -0.15) is 9.97 Å². The molecule has 5 aromatic rings. The second kappa shape index (κ2) is 22.1. The van der Waals surface area contributed by atoms with Crippen molar-refractivity contribution in [3.8, 4) is 5.75 Å². The lowest BCUT2D eigenvalue weighted by molar-refractivity contribution is -0.124. The van der Waals surface area contributed by atoms with Gasteiger partial charge in [-0.05, 0) is 36.2 Å². The van der Waals surface area contributed by atoms with Crippen LogP contribution in [-0.2, 0) is 52.7 Å². The lowest BCUT2D eigenvalue weighted by Crippen LogP contribution is -2.53. The number of nitrogens with one attached hydrogen (secondary N) is 1. The number of nitrogens with zero attached hydrogens (tertiary/aromatic N) is 9. The number of aliphatic hydroxyl groups excluding tert-OH is 4. The Balaban J connectivity index is 1.01. The summed E-state index contributed by atoms with van der Waals surface area (Å²) in [4.78, 5) is 83.0. The van der Waals surface area contributed by atoms with Crippen molar-refractivity contribution in [2.45, 2.75) is 86.0 Å². The summed E-state index contributed by atoms with van der Waals surface area (Å²) in [6.45, 7) is -2.94. The second-order valence-electron chi connectivity index (χ2n) is 17.2. The normalized spacial score (nSPS) is 28.9. The number of nitrogens with two attached hydrogens (primary N) is 3. The van der Waals surface area contributed by atoms with E-state index >= 15 is 0 Å². The molecule has 7 heterocycles. The number of fused-ring (bicyclic) bond motifs is 1. The summed E-state index contributed by atoms with van der Waals surface area (Å²) >= 11 is 0. The van der Waals surface area contributed by atoms with Gasteiger partial charge in [0.1, 0.15) is 72.5 Å². The van der Waals surface area contributed by atoms with E-state index in [1.165, 1.54) is 30.4 Å². The molecule has 74 heavy (non-hydrogen) atoms. The maximum absolute atomic E-state index is 14.0. The highest BCUT2D eigenvalue weighted by Crippen LogP contribution is 2.52. The number of hydrogen-bond acceptors (Lipinski definition) is 26. The molecular weight excluding hydrogens is 1030 g/mol. The molecule has 13 N–H and O–H groups in total. The molecular formula is C40H53N13O19P2. The molecule has 0 radical (unpaired) electrons. The topological polar surface area (TPSA) is 453 Å². The minimum absolute atomic E-state index is 0.0414. The van der Waals surface area contributed by atoms with Gasteiger partial charge < -0.3 is 76.6 Å². The quantitative estimate of drug-likeness (QED) is 0.0337. The molecule has 0 spiro atoms. The van der Waals surface area contributed by atoms with E-state index in [1.54, 1.807) is 43.3 Å². The first-order valence-corrected chi connectivity index (χ1v) is 25.2. The number of anilines is 3. The maximum atomic E-state index is 14.0. The van der Waals surface area contributed by atoms with Gasteiger partial charge in [-0.25, -0.2) is 33.7 Å². The van der Waals surface area contributed by atoms with Crippen molar-refractivity contribution in [3.63, 3.8) is 0 Å². The predicted molar refractivity (Wildman–Crippen MR) is 250 cm³/mol. The monoisotopic (exact) mass is 1080 g/mol. The van der Waals surface area contributed by atoms with Gasteiger partial charge in [0, 0.05) is 26.5 Å². The SMILES string of the molecule is COc1ccc(C[C@H](N)C(=O)N[C@H]2[C@@H](O)[C@H](n3cnc4c(N(C)C)ncnc43)O[C@@H]2COP(=O)(O)O[C@H]2[C@@H](O)[C@H](n3ccc(N)nc3=O)O[C@@H]2COP(=O)(O)O[C@H]2[C@@H](O)[C@H](n3ccc(N)nc3=O)O[C@@H]2CO)cc1. The summed E-state index contributed by atoms with van der Waals surface area (Å²) in [6, 6.07) is 6.54. The van der Waals surface area contributed by atoms with Crippen molar-refractivity contribution < 1.29 is 81.2 Å². The number of aliphatic hydroxyl groups is 4. The van der Waals surface area contributed by atoms with Gasteiger partial charge in [-0.1, -0.05) is 12.1 Å². The van der Waals surface area contributed by atoms with Crippen LogP contribution in [0.2, 0.25) is 0 Å². The van der Waals surface area contributed by atoms with Crippen LogP contribution in [0.1, 0.15) is 24.2 Å². The van der Waals surface area contributed by atoms with Gasteiger partial charge in [0.05, 0.1) is 45.3 Å². The number of amides is 1.